The van der Waals surface area contributed by atoms with Gasteiger partial charge >= 0.3 is 5.63 Å². The Hall–Kier alpha value is -3.12. The third-order valence-electron chi connectivity index (χ3n) is 4.61. The molecule has 1 saturated heterocycles. The molecule has 3 N–H and O–H groups in total. The summed E-state index contributed by atoms with van der Waals surface area (Å²) in [6.07, 6.45) is 6.52. The predicted molar refractivity (Wildman–Crippen MR) is 108 cm³/mol. The zero-order valence-electron chi connectivity index (χ0n) is 15.2. The summed E-state index contributed by atoms with van der Waals surface area (Å²) in [7, 11) is 0. The van der Waals surface area contributed by atoms with Crippen molar-refractivity contribution in [1.82, 2.24) is 14.7 Å². The maximum atomic E-state index is 12.2. The van der Waals surface area contributed by atoms with Crippen molar-refractivity contribution in [3.8, 4) is 11.3 Å². The van der Waals surface area contributed by atoms with Crippen LogP contribution in [0.4, 0.5) is 5.69 Å². The number of hydrogen-bond donors (Lipinski definition) is 2. The van der Waals surface area contributed by atoms with Crippen LogP contribution in [0.25, 0.3) is 27.9 Å². The van der Waals surface area contributed by atoms with Crippen LogP contribution in [-0.2, 0) is 0 Å². The summed E-state index contributed by atoms with van der Waals surface area (Å²) in [5.74, 6) is 0. The number of aromatic nitrogens is 2. The molecule has 0 unspecified atom stereocenters. The lowest BCUT2D eigenvalue weighted by atomic mass is 10.1. The highest BCUT2D eigenvalue weighted by Gasteiger charge is 2.12. The van der Waals surface area contributed by atoms with Crippen molar-refractivity contribution < 1.29 is 4.42 Å². The van der Waals surface area contributed by atoms with Crippen LogP contribution in [0.3, 0.4) is 0 Å². The van der Waals surface area contributed by atoms with Crippen LogP contribution in [0.1, 0.15) is 18.4 Å². The van der Waals surface area contributed by atoms with Crippen LogP contribution in [0, 0.1) is 6.92 Å². The lowest BCUT2D eigenvalue weighted by Gasteiger charge is -2.00. The topological polar surface area (TPSA) is 85.6 Å². The number of nitrogens with one attached hydrogen (secondary N) is 1. The van der Waals surface area contributed by atoms with E-state index >= 15 is 0 Å². The monoisotopic (exact) mass is 362 g/mol. The standard InChI is InChI=1S/C17H13N3O2.C4H9N/c1-10-4-5-20-9-14(19-16(20)6-10)13-7-11-2-3-12(18)8-15(11)22-17(13)21;1-2-4-5-3-1/h2-9H,18H2,1H3;5H,1-4H2. The number of fused-ring (bicyclic) bond motifs is 2. The highest BCUT2D eigenvalue weighted by Crippen LogP contribution is 2.22. The van der Waals surface area contributed by atoms with E-state index in [1.54, 1.807) is 18.2 Å². The van der Waals surface area contributed by atoms with Crippen LogP contribution < -0.4 is 16.7 Å². The molecule has 1 aliphatic rings. The molecule has 1 aliphatic heterocycles. The molecule has 4 aromatic rings. The van der Waals surface area contributed by atoms with Crippen LogP contribution in [0.5, 0.6) is 0 Å². The molecule has 1 fully saturated rings. The number of aryl methyl sites for hydroxylation is 1. The molecule has 4 heterocycles. The van der Waals surface area contributed by atoms with Gasteiger partial charge in [-0.3, -0.25) is 0 Å². The summed E-state index contributed by atoms with van der Waals surface area (Å²) in [5, 5.41) is 4.04. The van der Waals surface area contributed by atoms with Crippen molar-refractivity contribution in [2.75, 3.05) is 18.8 Å². The first-order chi connectivity index (χ1) is 13.1. The van der Waals surface area contributed by atoms with Gasteiger partial charge in [-0.25, -0.2) is 9.78 Å². The zero-order valence-corrected chi connectivity index (χ0v) is 15.2. The Kier molecular flexibility index (Phi) is 4.64. The molecule has 3 aromatic heterocycles. The third kappa shape index (κ3) is 3.71. The predicted octanol–water partition coefficient (Wildman–Crippen LogP) is 3.37. The minimum Gasteiger partial charge on any atom is -0.422 e. The molecular weight excluding hydrogens is 340 g/mol. The van der Waals surface area contributed by atoms with Gasteiger partial charge in [0.15, 0.2) is 0 Å². The summed E-state index contributed by atoms with van der Waals surface area (Å²) in [6, 6.07) is 11.0. The fourth-order valence-corrected chi connectivity index (χ4v) is 3.14. The first kappa shape index (κ1) is 17.3. The van der Waals surface area contributed by atoms with E-state index in [4.69, 9.17) is 10.2 Å². The lowest BCUT2D eigenvalue weighted by Crippen LogP contribution is -2.03. The van der Waals surface area contributed by atoms with Gasteiger partial charge in [-0.15, -0.1) is 0 Å². The number of rotatable bonds is 1. The van der Waals surface area contributed by atoms with E-state index < -0.39 is 5.63 Å². The van der Waals surface area contributed by atoms with Gasteiger partial charge in [0.25, 0.3) is 0 Å². The first-order valence-corrected chi connectivity index (χ1v) is 9.10. The molecule has 1 aromatic carbocycles. The molecule has 138 valence electrons. The summed E-state index contributed by atoms with van der Waals surface area (Å²) in [4.78, 5) is 16.7. The van der Waals surface area contributed by atoms with Crippen LogP contribution in [0.15, 0.2) is 58.0 Å². The van der Waals surface area contributed by atoms with E-state index in [1.807, 2.05) is 41.9 Å². The van der Waals surface area contributed by atoms with Crippen molar-refractivity contribution in [2.24, 2.45) is 0 Å². The molecule has 6 heteroatoms. The largest absolute Gasteiger partial charge is 0.422 e. The number of pyridine rings is 1. The fourth-order valence-electron chi connectivity index (χ4n) is 3.14. The normalized spacial score (nSPS) is 13.7. The first-order valence-electron chi connectivity index (χ1n) is 9.10. The maximum Gasteiger partial charge on any atom is 0.345 e. The second kappa shape index (κ2) is 7.25. The molecule has 0 aliphatic carbocycles. The minimum atomic E-state index is -0.418. The Balaban J connectivity index is 0.000000314. The molecule has 0 atom stereocenters. The van der Waals surface area contributed by atoms with Crippen LogP contribution in [-0.4, -0.2) is 22.5 Å². The minimum absolute atomic E-state index is 0.418. The molecule has 6 nitrogen and oxygen atoms in total. The van der Waals surface area contributed by atoms with E-state index in [0.717, 1.165) is 16.6 Å². The van der Waals surface area contributed by atoms with Crippen molar-refractivity contribution >= 4 is 22.3 Å². The highest BCUT2D eigenvalue weighted by molar-refractivity contribution is 5.83. The van der Waals surface area contributed by atoms with Crippen LogP contribution in [0.2, 0.25) is 0 Å². The molecule has 0 radical (unpaired) electrons. The van der Waals surface area contributed by atoms with Gasteiger partial charge in [0.1, 0.15) is 11.2 Å². The van der Waals surface area contributed by atoms with Crippen molar-refractivity contribution in [1.29, 1.82) is 0 Å². The second-order valence-corrected chi connectivity index (χ2v) is 6.80. The van der Waals surface area contributed by atoms with E-state index in [1.165, 1.54) is 25.9 Å². The number of nitrogens with zero attached hydrogens (tertiary/aromatic N) is 2. The van der Waals surface area contributed by atoms with E-state index in [9.17, 15) is 4.79 Å². The van der Waals surface area contributed by atoms with E-state index in [0.29, 0.717) is 22.5 Å². The Labute approximate surface area is 156 Å². The van der Waals surface area contributed by atoms with Gasteiger partial charge in [0.2, 0.25) is 0 Å². The van der Waals surface area contributed by atoms with Crippen molar-refractivity contribution in [3.05, 3.63) is 64.8 Å². The van der Waals surface area contributed by atoms with Gasteiger partial charge < -0.3 is 19.9 Å². The van der Waals surface area contributed by atoms with E-state index in [2.05, 4.69) is 10.3 Å². The lowest BCUT2D eigenvalue weighted by molar-refractivity contribution is 0.563. The summed E-state index contributed by atoms with van der Waals surface area (Å²) < 4.78 is 7.25. The van der Waals surface area contributed by atoms with Crippen LogP contribution >= 0.6 is 0 Å². The summed E-state index contributed by atoms with van der Waals surface area (Å²) >= 11 is 0. The average molecular weight is 362 g/mol. The van der Waals surface area contributed by atoms with Gasteiger partial charge in [-0.1, -0.05) is 0 Å². The molecule has 27 heavy (non-hydrogen) atoms. The molecule has 0 saturated carbocycles. The Morgan fingerprint density at radius 1 is 1.15 bits per heavy atom. The van der Waals surface area contributed by atoms with Gasteiger partial charge in [-0.2, -0.15) is 0 Å². The van der Waals surface area contributed by atoms with Gasteiger partial charge in [-0.05, 0) is 68.8 Å². The number of nitrogens with two attached hydrogens (primary N) is 1. The third-order valence-corrected chi connectivity index (χ3v) is 4.61. The maximum absolute atomic E-state index is 12.2. The highest BCUT2D eigenvalue weighted by atomic mass is 16.4. The fraction of sp³-hybridized carbons (Fsp3) is 0.238. The second-order valence-electron chi connectivity index (χ2n) is 6.80. The molecule has 5 rings (SSSR count). The molecule has 0 spiro atoms. The van der Waals surface area contributed by atoms with Crippen molar-refractivity contribution in [3.63, 3.8) is 0 Å². The Morgan fingerprint density at radius 2 is 1.96 bits per heavy atom. The zero-order chi connectivity index (χ0) is 18.8. The van der Waals surface area contributed by atoms with Crippen molar-refractivity contribution in [2.45, 2.75) is 19.8 Å². The number of nitrogen functional groups attached to an aromatic ring is 1. The quantitative estimate of drug-likeness (QED) is 0.400. The molecule has 0 bridgehead atoms. The Bertz CT molecular complexity index is 1150. The Morgan fingerprint density at radius 3 is 2.70 bits per heavy atom. The molecular formula is C21H22N4O2. The van der Waals surface area contributed by atoms with Gasteiger partial charge in [0.05, 0.1) is 11.3 Å². The SMILES string of the molecule is C1CCNC1.Cc1ccn2cc(-c3cc4ccc(N)cc4oc3=O)nc2c1. The summed E-state index contributed by atoms with van der Waals surface area (Å²) in [6.45, 7) is 4.50. The summed E-state index contributed by atoms with van der Waals surface area (Å²) in [5.41, 5.74) is 9.29. The smallest absolute Gasteiger partial charge is 0.345 e. The number of benzene rings is 1. The van der Waals surface area contributed by atoms with Gasteiger partial charge in [0, 0.05) is 29.5 Å². The van der Waals surface area contributed by atoms with E-state index in [-0.39, 0.29) is 0 Å². The number of imidazole rings is 1. The molecule has 0 amide bonds. The number of hydrogen-bond acceptors (Lipinski definition) is 5. The average Bonchev–Trinajstić information content (AvgIpc) is 3.33. The number of anilines is 1.